The van der Waals surface area contributed by atoms with E-state index >= 15 is 0 Å². The van der Waals surface area contributed by atoms with Gasteiger partial charge in [-0.15, -0.1) is 0 Å². The molecule has 0 atom stereocenters. The summed E-state index contributed by atoms with van der Waals surface area (Å²) in [5, 5.41) is 23.3. The van der Waals surface area contributed by atoms with E-state index in [4.69, 9.17) is 24.7 Å². The van der Waals surface area contributed by atoms with Gasteiger partial charge in [0.15, 0.2) is 17.3 Å². The molecule has 0 radical (unpaired) electrons. The maximum Gasteiger partial charge on any atom is 0.268 e. The van der Waals surface area contributed by atoms with Crippen molar-refractivity contribution in [3.63, 3.8) is 0 Å². The van der Waals surface area contributed by atoms with Gasteiger partial charge in [0.1, 0.15) is 51.6 Å². The Morgan fingerprint density at radius 2 is 0.674 bits per heavy atom. The van der Waals surface area contributed by atoms with Gasteiger partial charge in [-0.1, -0.05) is 77.0 Å². The lowest BCUT2D eigenvalue weighted by molar-refractivity contribution is 0.0321. The van der Waals surface area contributed by atoms with Crippen LogP contribution in [0.4, 0.5) is 69.8 Å². The molecule has 6 N–H and O–H groups in total. The number of carbonyl (C=O) groups is 4. The van der Waals surface area contributed by atoms with E-state index in [2.05, 4.69) is 170 Å². The highest BCUT2D eigenvalue weighted by Gasteiger charge is 2.47. The Hall–Kier alpha value is -12.2. The van der Waals surface area contributed by atoms with Crippen molar-refractivity contribution in [2.75, 3.05) is 172 Å². The van der Waals surface area contributed by atoms with Gasteiger partial charge in [-0.3, -0.25) is 29.0 Å². The van der Waals surface area contributed by atoms with Crippen LogP contribution in [0.2, 0.25) is 0 Å². The summed E-state index contributed by atoms with van der Waals surface area (Å²) in [6.45, 7) is 23.5. The number of pyridine rings is 4. The predicted octanol–water partition coefficient (Wildman–Crippen LogP) is 15.6. The molecule has 4 saturated carbocycles. The zero-order chi connectivity index (χ0) is 93.5. The molecule has 12 aromatic rings. The second-order valence-electron chi connectivity index (χ2n) is 41.1. The third kappa shape index (κ3) is 18.5. The molecule has 13 aliphatic rings. The predicted molar refractivity (Wildman–Crippen MR) is 539 cm³/mol. The highest BCUT2D eigenvalue weighted by atomic mass is 16.5. The summed E-state index contributed by atoms with van der Waals surface area (Å²) in [6, 6.07) is 25.5. The van der Waals surface area contributed by atoms with E-state index in [-0.39, 0.29) is 45.4 Å². The molecule has 0 aromatic carbocycles. The zero-order valence-electron chi connectivity index (χ0n) is 80.3. The number of hydrogen-bond donors (Lipinski definition) is 6. The maximum atomic E-state index is 12.8. The van der Waals surface area contributed by atoms with Crippen LogP contribution in [0.15, 0.2) is 122 Å². The van der Waals surface area contributed by atoms with Crippen LogP contribution in [0.5, 0.6) is 0 Å². The van der Waals surface area contributed by atoms with E-state index < -0.39 is 0 Å². The van der Waals surface area contributed by atoms with Crippen molar-refractivity contribution in [3.05, 3.63) is 145 Å². The number of ketones is 3. The Balaban J connectivity index is 0.000000106. The van der Waals surface area contributed by atoms with E-state index in [1.54, 1.807) is 0 Å². The van der Waals surface area contributed by atoms with E-state index in [1.165, 1.54) is 77.0 Å². The van der Waals surface area contributed by atoms with Gasteiger partial charge in [-0.2, -0.15) is 19.9 Å². The fourth-order valence-corrected chi connectivity index (χ4v) is 24.7. The first kappa shape index (κ1) is 90.9. The fraction of sp³-hybridized carbons (Fsp3) is 0.538. The van der Waals surface area contributed by atoms with Gasteiger partial charge in [-0.05, 0) is 177 Å². The van der Waals surface area contributed by atoms with Crippen LogP contribution in [-0.4, -0.2) is 260 Å². The summed E-state index contributed by atoms with van der Waals surface area (Å²) in [7, 11) is 2.16. The topological polar surface area (TPSA) is 347 Å². The normalized spacial score (nSPS) is 21.1. The first-order chi connectivity index (χ1) is 67.5. The highest BCUT2D eigenvalue weighted by molar-refractivity contribution is 6.03. The lowest BCUT2D eigenvalue weighted by atomic mass is 9.75. The van der Waals surface area contributed by atoms with Crippen LogP contribution in [0.25, 0.3) is 44.1 Å². The highest BCUT2D eigenvalue weighted by Crippen LogP contribution is 2.50. The molecule has 34 nitrogen and oxygen atoms in total. The van der Waals surface area contributed by atoms with Crippen molar-refractivity contribution in [3.8, 4) is 0 Å². The minimum absolute atomic E-state index is 0.0222. The zero-order valence-corrected chi connectivity index (χ0v) is 80.3. The van der Waals surface area contributed by atoms with Crippen molar-refractivity contribution in [1.82, 2.24) is 103 Å². The first-order valence-electron chi connectivity index (χ1n) is 51.4. The smallest absolute Gasteiger partial charge is 0.268 e. The lowest BCUT2D eigenvalue weighted by Gasteiger charge is -2.42. The first-order valence-corrected chi connectivity index (χ1v) is 51.4. The van der Waals surface area contributed by atoms with E-state index in [9.17, 15) is 19.2 Å². The van der Waals surface area contributed by atoms with Crippen LogP contribution < -0.4 is 51.5 Å². The van der Waals surface area contributed by atoms with Crippen LogP contribution in [0.1, 0.15) is 236 Å². The summed E-state index contributed by atoms with van der Waals surface area (Å²) < 4.78 is 14.5. The number of rotatable bonds is 14. The number of nitrogens with zero attached hydrogens (tertiary/aromatic N) is 23. The van der Waals surface area contributed by atoms with Crippen molar-refractivity contribution in [1.29, 1.82) is 0 Å². The van der Waals surface area contributed by atoms with E-state index in [0.717, 1.165) is 303 Å². The molecule has 1 amide bonds. The van der Waals surface area contributed by atoms with Gasteiger partial charge in [0.2, 0.25) is 23.8 Å². The summed E-state index contributed by atoms with van der Waals surface area (Å²) >= 11 is 0. The molecule has 5 saturated heterocycles. The van der Waals surface area contributed by atoms with Crippen molar-refractivity contribution < 1.29 is 23.9 Å². The van der Waals surface area contributed by atoms with Crippen LogP contribution in [0.3, 0.4) is 0 Å². The molecule has 9 fully saturated rings. The Bertz CT molecular complexity index is 6370. The molecule has 12 aromatic heterocycles. The van der Waals surface area contributed by atoms with E-state index in [0.29, 0.717) is 73.2 Å². The molecule has 0 bridgehead atoms. The third-order valence-corrected chi connectivity index (χ3v) is 32.4. The van der Waals surface area contributed by atoms with Crippen LogP contribution in [0, 0.1) is 0 Å². The molecule has 9 aliphatic heterocycles. The van der Waals surface area contributed by atoms with Crippen LogP contribution >= 0.6 is 0 Å². The van der Waals surface area contributed by atoms with Gasteiger partial charge < -0.3 is 79.4 Å². The molecule has 25 rings (SSSR count). The second-order valence-corrected chi connectivity index (χ2v) is 41.1. The van der Waals surface area contributed by atoms with Crippen LogP contribution in [-0.2, 0) is 26.9 Å². The summed E-state index contributed by atoms with van der Waals surface area (Å²) in [5.41, 5.74) is 11.1. The molecular formula is C104H131N29O5. The average molecular weight is 1870 g/mol. The quantitative estimate of drug-likeness (QED) is 0.0589. The van der Waals surface area contributed by atoms with Gasteiger partial charge in [-0.25, -0.2) is 39.9 Å². The van der Waals surface area contributed by atoms with Gasteiger partial charge >= 0.3 is 0 Å². The molecule has 4 spiro atoms. The Morgan fingerprint density at radius 3 is 1.01 bits per heavy atom. The monoisotopic (exact) mass is 1870 g/mol. The Labute approximate surface area is 805 Å². The third-order valence-electron chi connectivity index (χ3n) is 32.4. The molecule has 0 unspecified atom stereocenters. The number of carbonyl (C=O) groups excluding carboxylic acids is 4. The van der Waals surface area contributed by atoms with Crippen molar-refractivity contribution >= 4 is 137 Å². The largest absolute Gasteiger partial charge is 0.381 e. The number of Topliss-reactive ketones (excluding diaryl/α,β-unsaturated/α-hetero) is 3. The minimum Gasteiger partial charge on any atom is -0.381 e. The lowest BCUT2D eigenvalue weighted by Crippen LogP contribution is -2.52. The molecule has 34 heteroatoms. The fourth-order valence-electron chi connectivity index (χ4n) is 24.7. The molecule has 722 valence electrons. The van der Waals surface area contributed by atoms with Gasteiger partial charge in [0.05, 0.1) is 70.2 Å². The van der Waals surface area contributed by atoms with Gasteiger partial charge in [0, 0.05) is 219 Å². The summed E-state index contributed by atoms with van der Waals surface area (Å²) in [5.74, 6) is 5.58. The number of piperazine rings is 4. The van der Waals surface area contributed by atoms with Crippen molar-refractivity contribution in [2.24, 2.45) is 0 Å². The molecule has 138 heavy (non-hydrogen) atoms. The SMILES string of the molecule is CC(C)N1CCN(c2ccc(Nc3ncc4cc5n(c4n3)C3(CCCCC3)CCC5=O)nc2)CC1.CN1CCN(c2ccc(Nc3ncc4cc5n(c4n3)C3(CCCCC3)CCC5=O)nc2)CC1.O=C1CCC2(CCCCC2)n2c1cc1cnc(Nc3ccc(N4CCNCC4)cn3)nc12.O=C1NCC2(CCCCC2)n2c1cc1cnc(Nc3ccc(N4CCN(C5CCOCC5)CC4)cn3)nc12. The number of fused-ring (bicyclic) bond motifs is 16. The standard InChI is InChI=1S/C28H36N8O2.C27H35N7O.C25H31N7O.C24H29N7O/c37-26-23-16-20-17-30-27(33-25(20)36(23)28(19-31-26)8-2-1-3-9-28)32-24-5-4-22(18-29-24)35-12-10-34(11-13-35)21-6-14-38-15-7-21;1-19(2)32-12-14-33(15-13-32)21-6-7-24(28-18-21)30-26-29-17-20-16-22-23(35)8-11-27(9-4-3-5-10-27)34(22)25(20)31-26;1-30-11-13-31(14-12-30)19-5-6-22(26-17-19)28-24-27-16-18-15-20-21(33)7-10-25(8-3-2-4-9-25)32(20)23(18)29-24;32-20-6-9-24(7-2-1-3-8-24)31-19(20)14-17-15-27-23(29-22(17)31)28-21-5-4-18(16-26-21)30-12-10-25-11-13-30/h4-5,16-18,21H,1-3,6-15,19H2,(H,31,37)(H,29,30,32,33);6-7,16-19H,3-5,8-15H2,1-2H3,(H,28,29,30,31);5-6,15-17H,2-4,7-14H2,1H3,(H,26,27,28,29);4-5,14-16,25H,1-3,6-13H2,(H,26,27,28,29). The van der Waals surface area contributed by atoms with Gasteiger partial charge in [0.25, 0.3) is 5.91 Å². The number of anilines is 12. The molecule has 21 heterocycles. The van der Waals surface area contributed by atoms with E-state index in [1.807, 2.05) is 98.1 Å². The second kappa shape index (κ2) is 39.2. The number of ether oxygens (including phenoxy) is 1. The number of amides is 1. The Morgan fingerprint density at radius 1 is 0.355 bits per heavy atom. The summed E-state index contributed by atoms with van der Waals surface area (Å²) in [4.78, 5) is 124. The number of aromatic nitrogens is 16. The molecular weight excluding hydrogens is 1740 g/mol. The summed E-state index contributed by atoms with van der Waals surface area (Å²) in [6.07, 6.45) is 45.5. The minimum atomic E-state index is -0.0937. The number of nitrogens with one attached hydrogen (secondary N) is 6. The Kier molecular flexibility index (Phi) is 25.8. The maximum absolute atomic E-state index is 12.8. The molecule has 4 aliphatic carbocycles. The number of likely N-dealkylation sites (N-methyl/N-ethyl adjacent to an activating group) is 1. The average Bonchev–Trinajstić information content (AvgIpc) is 1.59. The van der Waals surface area contributed by atoms with Crippen molar-refractivity contribution in [2.45, 2.75) is 228 Å². The number of hydrogen-bond acceptors (Lipinski definition) is 29.